The van der Waals surface area contributed by atoms with Crippen LogP contribution in [-0.2, 0) is 27.4 Å². The average molecular weight is 356 g/mol. The minimum absolute atomic E-state index is 0.214. The largest absolute Gasteiger partial charge is 0.497 e. The summed E-state index contributed by atoms with van der Waals surface area (Å²) in [5.74, 6) is 0.849. The topological polar surface area (TPSA) is 61.8 Å². The van der Waals surface area contributed by atoms with Gasteiger partial charge in [0.1, 0.15) is 18.1 Å². The van der Waals surface area contributed by atoms with Gasteiger partial charge in [-0.3, -0.25) is 9.59 Å². The molecule has 0 aliphatic carbocycles. The summed E-state index contributed by atoms with van der Waals surface area (Å²) in [5.41, 5.74) is 2.01. The van der Waals surface area contributed by atoms with Crippen LogP contribution in [0, 0.1) is 0 Å². The molecule has 0 bridgehead atoms. The Balaban J connectivity index is 1.68. The van der Waals surface area contributed by atoms with Crippen molar-refractivity contribution in [1.29, 1.82) is 0 Å². The van der Waals surface area contributed by atoms with Crippen LogP contribution in [0.2, 0.25) is 0 Å². The Kier molecular flexibility index (Phi) is 7.68. The first kappa shape index (κ1) is 19.5. The molecule has 0 N–H and O–H groups in total. The second-order valence-corrected chi connectivity index (χ2v) is 5.83. The van der Waals surface area contributed by atoms with Gasteiger partial charge in [0.25, 0.3) is 0 Å². The molecule has 2 aromatic rings. The van der Waals surface area contributed by atoms with Gasteiger partial charge < -0.3 is 14.2 Å². The number of esters is 2. The zero-order valence-electron chi connectivity index (χ0n) is 15.2. The van der Waals surface area contributed by atoms with Gasteiger partial charge in [-0.15, -0.1) is 0 Å². The third-order valence-electron chi connectivity index (χ3n) is 3.85. The number of hydrogen-bond acceptors (Lipinski definition) is 5. The summed E-state index contributed by atoms with van der Waals surface area (Å²) < 4.78 is 15.5. The van der Waals surface area contributed by atoms with Gasteiger partial charge in [0, 0.05) is 12.8 Å². The van der Waals surface area contributed by atoms with Crippen molar-refractivity contribution in [3.05, 3.63) is 59.7 Å². The molecule has 0 aliphatic heterocycles. The molecule has 0 atom stereocenters. The number of methoxy groups -OCH3 is 1. The summed E-state index contributed by atoms with van der Waals surface area (Å²) in [6.07, 6.45) is 2.18. The number of carbonyl (C=O) groups excluding carboxylic acids is 2. The lowest BCUT2D eigenvalue weighted by molar-refractivity contribution is -0.145. The first-order chi connectivity index (χ1) is 12.6. The molecule has 2 aromatic carbocycles. The van der Waals surface area contributed by atoms with Crippen LogP contribution in [0.3, 0.4) is 0 Å². The van der Waals surface area contributed by atoms with Crippen molar-refractivity contribution in [2.24, 2.45) is 0 Å². The third-order valence-corrected chi connectivity index (χ3v) is 3.85. The second-order valence-electron chi connectivity index (χ2n) is 5.83. The maximum Gasteiger partial charge on any atom is 0.310 e. The molecular formula is C21H24O5. The van der Waals surface area contributed by atoms with E-state index in [1.54, 1.807) is 26.2 Å². The standard InChI is InChI=1S/C21H24O5/c1-3-20(22)26-19-13-7-16(8-14-19)5-4-6-21(23)25-15-17-9-11-18(24-2)12-10-17/h7-14H,3-6,15H2,1-2H3. The Morgan fingerprint density at radius 3 is 2.08 bits per heavy atom. The fourth-order valence-electron chi connectivity index (χ4n) is 2.32. The molecule has 0 spiro atoms. The zero-order chi connectivity index (χ0) is 18.8. The van der Waals surface area contributed by atoms with Crippen molar-refractivity contribution >= 4 is 11.9 Å². The van der Waals surface area contributed by atoms with E-state index >= 15 is 0 Å². The SMILES string of the molecule is CCC(=O)Oc1ccc(CCCC(=O)OCc2ccc(OC)cc2)cc1. The summed E-state index contributed by atoms with van der Waals surface area (Å²) >= 11 is 0. The number of carbonyl (C=O) groups is 2. The maximum atomic E-state index is 11.8. The van der Waals surface area contributed by atoms with E-state index in [4.69, 9.17) is 14.2 Å². The lowest BCUT2D eigenvalue weighted by Crippen LogP contribution is -2.06. The van der Waals surface area contributed by atoms with Crippen molar-refractivity contribution in [3.63, 3.8) is 0 Å². The first-order valence-electron chi connectivity index (χ1n) is 8.69. The summed E-state index contributed by atoms with van der Waals surface area (Å²) in [6.45, 7) is 2.02. The lowest BCUT2D eigenvalue weighted by atomic mass is 10.1. The quantitative estimate of drug-likeness (QED) is 0.500. The van der Waals surface area contributed by atoms with E-state index in [0.717, 1.165) is 23.3 Å². The molecule has 0 saturated heterocycles. The zero-order valence-corrected chi connectivity index (χ0v) is 15.2. The van der Waals surface area contributed by atoms with Crippen LogP contribution in [0.1, 0.15) is 37.3 Å². The van der Waals surface area contributed by atoms with E-state index in [1.807, 2.05) is 36.4 Å². The van der Waals surface area contributed by atoms with E-state index in [9.17, 15) is 9.59 Å². The fourth-order valence-corrected chi connectivity index (χ4v) is 2.32. The molecule has 138 valence electrons. The molecule has 0 unspecified atom stereocenters. The summed E-state index contributed by atoms with van der Waals surface area (Å²) in [7, 11) is 1.61. The highest BCUT2D eigenvalue weighted by atomic mass is 16.5. The van der Waals surface area contributed by atoms with Crippen LogP contribution < -0.4 is 9.47 Å². The predicted molar refractivity (Wildman–Crippen MR) is 98.1 cm³/mol. The van der Waals surface area contributed by atoms with Gasteiger partial charge in [-0.05, 0) is 48.2 Å². The highest BCUT2D eigenvalue weighted by Crippen LogP contribution is 2.15. The molecule has 0 saturated carbocycles. The number of hydrogen-bond donors (Lipinski definition) is 0. The summed E-state index contributed by atoms with van der Waals surface area (Å²) in [4.78, 5) is 23.1. The Hall–Kier alpha value is -2.82. The van der Waals surface area contributed by atoms with Crippen molar-refractivity contribution in [1.82, 2.24) is 0 Å². The maximum absolute atomic E-state index is 11.8. The number of benzene rings is 2. The van der Waals surface area contributed by atoms with Gasteiger partial charge in [-0.25, -0.2) is 0 Å². The van der Waals surface area contributed by atoms with E-state index in [2.05, 4.69) is 0 Å². The van der Waals surface area contributed by atoms with Crippen LogP contribution in [0.4, 0.5) is 0 Å². The number of aryl methyl sites for hydroxylation is 1. The van der Waals surface area contributed by atoms with Crippen LogP contribution in [0.25, 0.3) is 0 Å². The minimum Gasteiger partial charge on any atom is -0.497 e. The molecule has 2 rings (SSSR count). The monoisotopic (exact) mass is 356 g/mol. The van der Waals surface area contributed by atoms with Crippen LogP contribution in [0.15, 0.2) is 48.5 Å². The normalized spacial score (nSPS) is 10.2. The predicted octanol–water partition coefficient (Wildman–Crippen LogP) is 4.08. The van der Waals surface area contributed by atoms with Crippen LogP contribution in [-0.4, -0.2) is 19.0 Å². The molecule has 0 fully saturated rings. The minimum atomic E-state index is -0.252. The Morgan fingerprint density at radius 2 is 1.46 bits per heavy atom. The van der Waals surface area contributed by atoms with Crippen molar-refractivity contribution in [2.45, 2.75) is 39.2 Å². The molecule has 5 heteroatoms. The molecule has 5 nitrogen and oxygen atoms in total. The molecular weight excluding hydrogens is 332 g/mol. The van der Waals surface area contributed by atoms with Crippen molar-refractivity contribution in [3.8, 4) is 11.5 Å². The van der Waals surface area contributed by atoms with Gasteiger partial charge in [0.2, 0.25) is 0 Å². The number of rotatable bonds is 9. The second kappa shape index (κ2) is 10.2. The van der Waals surface area contributed by atoms with Crippen LogP contribution >= 0.6 is 0 Å². The molecule has 0 radical (unpaired) electrons. The van der Waals surface area contributed by atoms with E-state index in [1.165, 1.54) is 0 Å². The average Bonchev–Trinajstić information content (AvgIpc) is 2.68. The molecule has 0 amide bonds. The molecule has 26 heavy (non-hydrogen) atoms. The molecule has 0 aliphatic rings. The molecule has 0 aromatic heterocycles. The van der Waals surface area contributed by atoms with Gasteiger partial charge in [-0.1, -0.05) is 31.2 Å². The Morgan fingerprint density at radius 1 is 0.846 bits per heavy atom. The van der Waals surface area contributed by atoms with Gasteiger partial charge in [0.05, 0.1) is 7.11 Å². The van der Waals surface area contributed by atoms with Crippen molar-refractivity contribution < 1.29 is 23.8 Å². The highest BCUT2D eigenvalue weighted by Gasteiger charge is 2.05. The summed E-state index contributed by atoms with van der Waals surface area (Å²) in [6, 6.07) is 14.8. The van der Waals surface area contributed by atoms with E-state index in [-0.39, 0.29) is 18.5 Å². The fraction of sp³-hybridized carbons (Fsp3) is 0.333. The van der Waals surface area contributed by atoms with E-state index in [0.29, 0.717) is 25.0 Å². The van der Waals surface area contributed by atoms with Gasteiger partial charge in [0.15, 0.2) is 0 Å². The molecule has 0 heterocycles. The number of ether oxygens (including phenoxy) is 3. The summed E-state index contributed by atoms with van der Waals surface area (Å²) in [5, 5.41) is 0. The smallest absolute Gasteiger partial charge is 0.310 e. The lowest BCUT2D eigenvalue weighted by Gasteiger charge is -2.07. The Labute approximate surface area is 153 Å². The van der Waals surface area contributed by atoms with Crippen molar-refractivity contribution in [2.75, 3.05) is 7.11 Å². The van der Waals surface area contributed by atoms with Gasteiger partial charge >= 0.3 is 11.9 Å². The van der Waals surface area contributed by atoms with E-state index < -0.39 is 0 Å². The Bertz CT molecular complexity index is 704. The first-order valence-corrected chi connectivity index (χ1v) is 8.69. The van der Waals surface area contributed by atoms with Gasteiger partial charge in [-0.2, -0.15) is 0 Å². The highest BCUT2D eigenvalue weighted by molar-refractivity contribution is 5.71. The third kappa shape index (κ3) is 6.59. The van der Waals surface area contributed by atoms with Crippen LogP contribution in [0.5, 0.6) is 11.5 Å².